The number of aryl methyl sites for hydroxylation is 1. The highest BCUT2D eigenvalue weighted by Crippen LogP contribution is 2.14. The van der Waals surface area contributed by atoms with E-state index in [1.54, 1.807) is 0 Å². The number of hydrogen-bond donors (Lipinski definition) is 2. The van der Waals surface area contributed by atoms with Gasteiger partial charge in [-0.15, -0.1) is 11.3 Å². The molecule has 14 heavy (non-hydrogen) atoms. The van der Waals surface area contributed by atoms with Gasteiger partial charge in [-0.1, -0.05) is 0 Å². The maximum absolute atomic E-state index is 3.46. The molecular weight excluding hydrogens is 192 g/mol. The summed E-state index contributed by atoms with van der Waals surface area (Å²) < 4.78 is 0. The molecule has 1 aromatic heterocycles. The van der Waals surface area contributed by atoms with E-state index in [0.717, 1.165) is 19.6 Å². The van der Waals surface area contributed by atoms with Crippen molar-refractivity contribution in [2.24, 2.45) is 0 Å². The molecule has 80 valence electrons. The highest BCUT2D eigenvalue weighted by atomic mass is 32.1. The van der Waals surface area contributed by atoms with Crippen molar-refractivity contribution in [2.75, 3.05) is 20.1 Å². The zero-order valence-corrected chi connectivity index (χ0v) is 9.91. The minimum Gasteiger partial charge on any atom is -0.320 e. The van der Waals surface area contributed by atoms with Crippen LogP contribution in [0.3, 0.4) is 0 Å². The van der Waals surface area contributed by atoms with E-state index in [9.17, 15) is 0 Å². The van der Waals surface area contributed by atoms with E-state index in [4.69, 9.17) is 0 Å². The Morgan fingerprint density at radius 3 is 2.64 bits per heavy atom. The molecule has 0 atom stereocenters. The number of unbranched alkanes of at least 4 members (excludes halogenated alkanes) is 1. The molecule has 0 saturated carbocycles. The molecule has 0 radical (unpaired) electrons. The van der Waals surface area contributed by atoms with Gasteiger partial charge in [-0.25, -0.2) is 0 Å². The summed E-state index contributed by atoms with van der Waals surface area (Å²) in [5.41, 5.74) is 0. The summed E-state index contributed by atoms with van der Waals surface area (Å²) in [5, 5.41) is 6.61. The van der Waals surface area contributed by atoms with Crippen LogP contribution >= 0.6 is 11.3 Å². The van der Waals surface area contributed by atoms with Gasteiger partial charge in [0.05, 0.1) is 0 Å². The Morgan fingerprint density at radius 1 is 1.21 bits per heavy atom. The summed E-state index contributed by atoms with van der Waals surface area (Å²) >= 11 is 1.88. The number of rotatable bonds is 7. The van der Waals surface area contributed by atoms with E-state index < -0.39 is 0 Å². The SMILES string of the molecule is CNCCCCNCc1ccc(C)s1. The zero-order chi connectivity index (χ0) is 10.2. The predicted molar refractivity (Wildman–Crippen MR) is 63.9 cm³/mol. The molecule has 0 amide bonds. The molecule has 0 spiro atoms. The highest BCUT2D eigenvalue weighted by Gasteiger charge is 1.95. The first-order valence-electron chi connectivity index (χ1n) is 5.23. The van der Waals surface area contributed by atoms with Gasteiger partial charge in [-0.3, -0.25) is 0 Å². The second-order valence-corrected chi connectivity index (χ2v) is 4.87. The van der Waals surface area contributed by atoms with Crippen LogP contribution < -0.4 is 10.6 Å². The first kappa shape index (κ1) is 11.7. The van der Waals surface area contributed by atoms with Crippen LogP contribution in [0.15, 0.2) is 12.1 Å². The van der Waals surface area contributed by atoms with Crippen LogP contribution in [0.4, 0.5) is 0 Å². The van der Waals surface area contributed by atoms with Crippen molar-refractivity contribution in [3.63, 3.8) is 0 Å². The minimum atomic E-state index is 1.03. The quantitative estimate of drug-likeness (QED) is 0.677. The van der Waals surface area contributed by atoms with Crippen molar-refractivity contribution in [3.8, 4) is 0 Å². The summed E-state index contributed by atoms with van der Waals surface area (Å²) in [4.78, 5) is 2.84. The smallest absolute Gasteiger partial charge is 0.0299 e. The van der Waals surface area contributed by atoms with Crippen molar-refractivity contribution in [2.45, 2.75) is 26.3 Å². The van der Waals surface area contributed by atoms with Gasteiger partial charge in [0.2, 0.25) is 0 Å². The normalized spacial score (nSPS) is 10.7. The third kappa shape index (κ3) is 4.74. The molecule has 2 N–H and O–H groups in total. The Labute approximate surface area is 90.7 Å². The van der Waals surface area contributed by atoms with Gasteiger partial charge in [-0.05, 0) is 52.0 Å². The summed E-state index contributed by atoms with van der Waals surface area (Å²) in [5.74, 6) is 0. The first-order chi connectivity index (χ1) is 6.83. The van der Waals surface area contributed by atoms with Crippen molar-refractivity contribution in [3.05, 3.63) is 21.9 Å². The van der Waals surface area contributed by atoms with Crippen LogP contribution in [-0.2, 0) is 6.54 Å². The van der Waals surface area contributed by atoms with Gasteiger partial charge in [-0.2, -0.15) is 0 Å². The lowest BCUT2D eigenvalue weighted by Crippen LogP contribution is -2.16. The van der Waals surface area contributed by atoms with Gasteiger partial charge in [0.25, 0.3) is 0 Å². The third-order valence-corrected chi connectivity index (χ3v) is 3.13. The molecule has 0 aromatic carbocycles. The molecule has 2 nitrogen and oxygen atoms in total. The predicted octanol–water partition coefficient (Wildman–Crippen LogP) is 2.15. The van der Waals surface area contributed by atoms with E-state index in [1.807, 2.05) is 18.4 Å². The molecule has 0 aliphatic carbocycles. The van der Waals surface area contributed by atoms with Gasteiger partial charge < -0.3 is 10.6 Å². The molecular formula is C11H20N2S. The molecule has 3 heteroatoms. The molecule has 0 bridgehead atoms. The lowest BCUT2D eigenvalue weighted by Gasteiger charge is -2.02. The van der Waals surface area contributed by atoms with E-state index in [2.05, 4.69) is 29.7 Å². The molecule has 1 aromatic rings. The molecule has 0 saturated heterocycles. The van der Waals surface area contributed by atoms with Crippen LogP contribution in [0.2, 0.25) is 0 Å². The number of hydrogen-bond acceptors (Lipinski definition) is 3. The summed E-state index contributed by atoms with van der Waals surface area (Å²) in [6.07, 6.45) is 2.51. The Bertz CT molecular complexity index is 245. The van der Waals surface area contributed by atoms with Crippen molar-refractivity contribution >= 4 is 11.3 Å². The number of thiophene rings is 1. The highest BCUT2D eigenvalue weighted by molar-refractivity contribution is 7.11. The van der Waals surface area contributed by atoms with Crippen LogP contribution in [0.25, 0.3) is 0 Å². The maximum atomic E-state index is 3.46. The zero-order valence-electron chi connectivity index (χ0n) is 9.10. The Hall–Kier alpha value is -0.380. The van der Waals surface area contributed by atoms with Crippen LogP contribution in [0.1, 0.15) is 22.6 Å². The van der Waals surface area contributed by atoms with E-state index >= 15 is 0 Å². The van der Waals surface area contributed by atoms with E-state index in [0.29, 0.717) is 0 Å². The standard InChI is InChI=1S/C11H20N2S/c1-10-5-6-11(14-10)9-13-8-4-3-7-12-2/h5-6,12-13H,3-4,7-9H2,1-2H3. The van der Waals surface area contributed by atoms with Crippen molar-refractivity contribution < 1.29 is 0 Å². The summed E-state index contributed by atoms with van der Waals surface area (Å²) in [7, 11) is 2.00. The fourth-order valence-corrected chi connectivity index (χ4v) is 2.20. The average Bonchev–Trinajstić information content (AvgIpc) is 2.58. The second-order valence-electron chi connectivity index (χ2n) is 3.50. The topological polar surface area (TPSA) is 24.1 Å². The Kier molecular flexibility index (Phi) is 5.83. The monoisotopic (exact) mass is 212 g/mol. The Balaban J connectivity index is 1.99. The first-order valence-corrected chi connectivity index (χ1v) is 6.05. The largest absolute Gasteiger partial charge is 0.320 e. The van der Waals surface area contributed by atoms with E-state index in [-0.39, 0.29) is 0 Å². The van der Waals surface area contributed by atoms with Gasteiger partial charge >= 0.3 is 0 Å². The summed E-state index contributed by atoms with van der Waals surface area (Å²) in [6, 6.07) is 4.39. The van der Waals surface area contributed by atoms with E-state index in [1.165, 1.54) is 22.6 Å². The second kappa shape index (κ2) is 6.98. The number of nitrogens with one attached hydrogen (secondary N) is 2. The lowest BCUT2D eigenvalue weighted by molar-refractivity contribution is 0.608. The van der Waals surface area contributed by atoms with Gasteiger partial charge in [0.1, 0.15) is 0 Å². The maximum Gasteiger partial charge on any atom is 0.0299 e. The molecule has 0 aliphatic rings. The average molecular weight is 212 g/mol. The Morgan fingerprint density at radius 2 is 2.00 bits per heavy atom. The van der Waals surface area contributed by atoms with Crippen LogP contribution in [0.5, 0.6) is 0 Å². The lowest BCUT2D eigenvalue weighted by atomic mass is 10.3. The van der Waals surface area contributed by atoms with Crippen molar-refractivity contribution in [1.82, 2.24) is 10.6 Å². The summed E-state index contributed by atoms with van der Waals surface area (Å²) in [6.45, 7) is 5.43. The molecule has 0 fully saturated rings. The fourth-order valence-electron chi connectivity index (χ4n) is 1.34. The van der Waals surface area contributed by atoms with Crippen LogP contribution in [-0.4, -0.2) is 20.1 Å². The minimum absolute atomic E-state index is 1.03. The molecule has 1 heterocycles. The molecule has 1 rings (SSSR count). The fraction of sp³-hybridized carbons (Fsp3) is 0.636. The molecule has 0 aliphatic heterocycles. The van der Waals surface area contributed by atoms with Gasteiger partial charge in [0.15, 0.2) is 0 Å². The molecule has 0 unspecified atom stereocenters. The van der Waals surface area contributed by atoms with Crippen LogP contribution in [0, 0.1) is 6.92 Å². The van der Waals surface area contributed by atoms with Gasteiger partial charge in [0, 0.05) is 16.3 Å². The van der Waals surface area contributed by atoms with Crippen molar-refractivity contribution in [1.29, 1.82) is 0 Å². The third-order valence-electron chi connectivity index (χ3n) is 2.13.